The highest BCUT2D eigenvalue weighted by atomic mass is 32.2. The molecule has 4 heterocycles. The van der Waals surface area contributed by atoms with E-state index in [2.05, 4.69) is 20.6 Å². The fraction of sp³-hybridized carbons (Fsp3) is 0.321. The average molecular weight is 631 g/mol. The van der Waals surface area contributed by atoms with Crippen molar-refractivity contribution < 1.29 is 31.2 Å². The summed E-state index contributed by atoms with van der Waals surface area (Å²) in [6.45, 7) is 1.02. The SMILES string of the molecule is CS(=O)(=O)CCNC(=O)C1CCCN(c2nc(-c3ccc(C(=O)Nc4cc(C(F)(F)F)ccn4)cc3)c3c(N)nccn23)C1. The molecule has 4 N–H and O–H groups in total. The smallest absolute Gasteiger partial charge is 0.382 e. The van der Waals surface area contributed by atoms with E-state index in [0.717, 1.165) is 24.6 Å². The van der Waals surface area contributed by atoms with Crippen molar-refractivity contribution >= 4 is 44.8 Å². The Hall–Kier alpha value is -4.73. The Morgan fingerprint density at radius 1 is 1.11 bits per heavy atom. The van der Waals surface area contributed by atoms with Gasteiger partial charge in [-0.25, -0.2) is 23.4 Å². The van der Waals surface area contributed by atoms with Crippen LogP contribution in [0.1, 0.15) is 28.8 Å². The second-order valence-corrected chi connectivity index (χ2v) is 12.7. The van der Waals surface area contributed by atoms with E-state index in [0.29, 0.717) is 48.7 Å². The fourth-order valence-electron chi connectivity index (χ4n) is 4.99. The number of pyridine rings is 1. The largest absolute Gasteiger partial charge is 0.416 e. The van der Waals surface area contributed by atoms with Crippen LogP contribution in [0.15, 0.2) is 55.0 Å². The highest BCUT2D eigenvalue weighted by molar-refractivity contribution is 7.90. The molecule has 0 bridgehead atoms. The van der Waals surface area contributed by atoms with E-state index in [-0.39, 0.29) is 41.3 Å². The van der Waals surface area contributed by atoms with Gasteiger partial charge in [0.25, 0.3) is 5.91 Å². The molecule has 232 valence electrons. The second kappa shape index (κ2) is 12.1. The summed E-state index contributed by atoms with van der Waals surface area (Å²) >= 11 is 0. The Bertz CT molecular complexity index is 1810. The first-order chi connectivity index (χ1) is 20.8. The Morgan fingerprint density at radius 2 is 1.86 bits per heavy atom. The molecule has 16 heteroatoms. The number of rotatable bonds is 8. The van der Waals surface area contributed by atoms with Gasteiger partial charge < -0.3 is 21.3 Å². The summed E-state index contributed by atoms with van der Waals surface area (Å²) in [5.41, 5.74) is 7.12. The van der Waals surface area contributed by atoms with Crippen molar-refractivity contribution in [1.29, 1.82) is 0 Å². The summed E-state index contributed by atoms with van der Waals surface area (Å²) in [5, 5.41) is 5.09. The molecule has 44 heavy (non-hydrogen) atoms. The molecule has 0 spiro atoms. The van der Waals surface area contributed by atoms with Crippen LogP contribution < -0.4 is 21.3 Å². The normalized spacial score (nSPS) is 15.7. The number of hydrogen-bond donors (Lipinski definition) is 3. The summed E-state index contributed by atoms with van der Waals surface area (Å²) in [6.07, 6.45) is 2.10. The van der Waals surface area contributed by atoms with Crippen LogP contribution in [-0.2, 0) is 20.8 Å². The first-order valence-electron chi connectivity index (χ1n) is 13.6. The van der Waals surface area contributed by atoms with E-state index in [9.17, 15) is 31.2 Å². The highest BCUT2D eigenvalue weighted by Gasteiger charge is 2.31. The molecule has 1 unspecified atom stereocenters. The Labute approximate surface area is 250 Å². The average Bonchev–Trinajstić information content (AvgIpc) is 3.37. The van der Waals surface area contributed by atoms with Crippen molar-refractivity contribution in [1.82, 2.24) is 24.7 Å². The quantitative estimate of drug-likeness (QED) is 0.265. The number of halogens is 3. The molecule has 1 aromatic carbocycles. The van der Waals surface area contributed by atoms with E-state index in [1.54, 1.807) is 22.7 Å². The number of nitrogens with two attached hydrogens (primary N) is 1. The third-order valence-corrected chi connectivity index (χ3v) is 8.11. The molecule has 5 rings (SSSR count). The van der Waals surface area contributed by atoms with Gasteiger partial charge in [0.2, 0.25) is 11.9 Å². The number of anilines is 3. The van der Waals surface area contributed by atoms with E-state index in [1.165, 1.54) is 18.3 Å². The van der Waals surface area contributed by atoms with Crippen molar-refractivity contribution in [2.45, 2.75) is 19.0 Å². The number of sulfone groups is 1. The van der Waals surface area contributed by atoms with Crippen LogP contribution in [0.2, 0.25) is 0 Å². The number of carbonyl (C=O) groups is 2. The predicted octanol–water partition coefficient (Wildman–Crippen LogP) is 3.02. The van der Waals surface area contributed by atoms with Crippen molar-refractivity contribution in [3.8, 4) is 11.3 Å². The molecule has 1 aliphatic heterocycles. The van der Waals surface area contributed by atoms with Crippen molar-refractivity contribution in [2.75, 3.05) is 47.6 Å². The van der Waals surface area contributed by atoms with Gasteiger partial charge in [-0.1, -0.05) is 12.1 Å². The number of benzene rings is 1. The van der Waals surface area contributed by atoms with Crippen LogP contribution in [-0.4, -0.2) is 71.2 Å². The van der Waals surface area contributed by atoms with Gasteiger partial charge in [-0.3, -0.25) is 14.0 Å². The maximum absolute atomic E-state index is 13.0. The molecule has 1 saturated heterocycles. The number of imidazole rings is 1. The minimum atomic E-state index is -4.57. The maximum Gasteiger partial charge on any atom is 0.416 e. The molecular formula is C28H29F3N8O4S. The third-order valence-electron chi connectivity index (χ3n) is 7.16. The van der Waals surface area contributed by atoms with Gasteiger partial charge in [0.1, 0.15) is 32.7 Å². The second-order valence-electron chi connectivity index (χ2n) is 10.5. The van der Waals surface area contributed by atoms with Crippen LogP contribution >= 0.6 is 0 Å². The lowest BCUT2D eigenvalue weighted by Gasteiger charge is -2.32. The molecule has 12 nitrogen and oxygen atoms in total. The van der Waals surface area contributed by atoms with Crippen LogP contribution in [0.25, 0.3) is 16.8 Å². The van der Waals surface area contributed by atoms with Crippen LogP contribution in [0.3, 0.4) is 0 Å². The summed E-state index contributed by atoms with van der Waals surface area (Å²) in [4.78, 5) is 40.3. The molecule has 0 saturated carbocycles. The number of nitrogen functional groups attached to an aromatic ring is 1. The molecule has 4 aromatic rings. The van der Waals surface area contributed by atoms with E-state index >= 15 is 0 Å². The summed E-state index contributed by atoms with van der Waals surface area (Å²) in [6, 6.07) is 7.87. The number of piperidine rings is 1. The number of nitrogens with zero attached hydrogens (tertiary/aromatic N) is 5. The summed E-state index contributed by atoms with van der Waals surface area (Å²) in [7, 11) is -3.20. The molecule has 1 aliphatic rings. The van der Waals surface area contributed by atoms with E-state index < -0.39 is 27.5 Å². The first-order valence-corrected chi connectivity index (χ1v) is 15.6. The van der Waals surface area contributed by atoms with Gasteiger partial charge in [-0.05, 0) is 37.1 Å². The number of hydrogen-bond acceptors (Lipinski definition) is 9. The van der Waals surface area contributed by atoms with Gasteiger partial charge in [-0.2, -0.15) is 13.2 Å². The van der Waals surface area contributed by atoms with Gasteiger partial charge in [0.05, 0.1) is 17.2 Å². The number of nitrogens with one attached hydrogen (secondary N) is 2. The highest BCUT2D eigenvalue weighted by Crippen LogP contribution is 2.33. The number of carbonyl (C=O) groups excluding carboxylic acids is 2. The number of fused-ring (bicyclic) bond motifs is 1. The number of alkyl halides is 3. The van der Waals surface area contributed by atoms with Crippen molar-refractivity contribution in [2.24, 2.45) is 5.92 Å². The molecular weight excluding hydrogens is 601 g/mol. The van der Waals surface area contributed by atoms with E-state index in [4.69, 9.17) is 10.7 Å². The molecule has 2 amide bonds. The van der Waals surface area contributed by atoms with Crippen LogP contribution in [0.4, 0.5) is 30.8 Å². The summed E-state index contributed by atoms with van der Waals surface area (Å²) in [5.74, 6) is -0.869. The Morgan fingerprint density at radius 3 is 2.57 bits per heavy atom. The third kappa shape index (κ3) is 6.90. The van der Waals surface area contributed by atoms with Gasteiger partial charge >= 0.3 is 6.18 Å². The maximum atomic E-state index is 13.0. The van der Waals surface area contributed by atoms with Gasteiger partial charge in [0, 0.05) is 55.6 Å². The van der Waals surface area contributed by atoms with E-state index in [1.807, 2.05) is 4.90 Å². The zero-order chi connectivity index (χ0) is 31.6. The zero-order valence-corrected chi connectivity index (χ0v) is 24.3. The van der Waals surface area contributed by atoms with Crippen molar-refractivity contribution in [3.63, 3.8) is 0 Å². The minimum absolute atomic E-state index is 0.0390. The zero-order valence-electron chi connectivity index (χ0n) is 23.5. The van der Waals surface area contributed by atoms with Crippen molar-refractivity contribution in [3.05, 3.63) is 66.1 Å². The van der Waals surface area contributed by atoms with Gasteiger partial charge in [0.15, 0.2) is 0 Å². The summed E-state index contributed by atoms with van der Waals surface area (Å²) < 4.78 is 63.7. The molecule has 0 radical (unpaired) electrons. The monoisotopic (exact) mass is 630 g/mol. The van der Waals surface area contributed by atoms with Gasteiger partial charge in [-0.15, -0.1) is 0 Å². The first kappa shape index (κ1) is 30.7. The lowest BCUT2D eigenvalue weighted by atomic mass is 9.97. The molecule has 1 atom stereocenters. The number of amides is 2. The fourth-order valence-corrected chi connectivity index (χ4v) is 5.47. The molecule has 3 aromatic heterocycles. The topological polar surface area (TPSA) is 165 Å². The molecule has 1 fully saturated rings. The Kier molecular flexibility index (Phi) is 8.45. The predicted molar refractivity (Wildman–Crippen MR) is 158 cm³/mol. The number of aromatic nitrogens is 4. The lowest BCUT2D eigenvalue weighted by Crippen LogP contribution is -2.44. The van der Waals surface area contributed by atoms with Crippen LogP contribution in [0.5, 0.6) is 0 Å². The minimum Gasteiger partial charge on any atom is -0.382 e. The molecule has 0 aliphatic carbocycles. The van der Waals surface area contributed by atoms with Crippen LogP contribution in [0, 0.1) is 5.92 Å². The lowest BCUT2D eigenvalue weighted by molar-refractivity contribution is -0.137. The standard InChI is InChI=1S/C28H29F3N8O4S/c1-44(42,43)14-11-35-25(40)19-3-2-12-38(16-19)27-37-22(23-24(32)34-10-13-39(23)27)17-4-6-18(7-5-17)26(41)36-21-15-20(8-9-33-21)28(29,30)31/h4-10,13,15,19H,2-3,11-12,14,16H2,1H3,(H2,32,34)(H,35,40)(H,33,36,41). The Balaban J connectivity index is 1.36.